The lowest BCUT2D eigenvalue weighted by Crippen LogP contribution is -2.49. The summed E-state index contributed by atoms with van der Waals surface area (Å²) in [6.45, 7) is 1.58. The molecule has 0 radical (unpaired) electrons. The minimum Gasteiger partial charge on any atom is -0.355 e. The standard InChI is InChI=1S/C20H26N4/c1-24(2)19(22-15-17-9-4-3-5-10-17)23-16-20(12-8-13-20)18-11-6-7-14-21-18/h3-7,9-11,14H,8,12-13,15-16H2,1-2H3,(H,22,23). The van der Waals surface area contributed by atoms with Gasteiger partial charge < -0.3 is 10.2 Å². The quantitative estimate of drug-likeness (QED) is 0.679. The number of hydrogen-bond acceptors (Lipinski definition) is 2. The van der Waals surface area contributed by atoms with Gasteiger partial charge in [-0.25, -0.2) is 4.99 Å². The minimum atomic E-state index is 0.158. The molecular weight excluding hydrogens is 296 g/mol. The molecule has 1 N–H and O–H groups in total. The second kappa shape index (κ2) is 7.47. The molecule has 1 aliphatic carbocycles. The van der Waals surface area contributed by atoms with E-state index in [9.17, 15) is 0 Å². The Labute approximate surface area is 144 Å². The molecule has 126 valence electrons. The third-order valence-corrected chi connectivity index (χ3v) is 4.78. The van der Waals surface area contributed by atoms with Crippen molar-refractivity contribution in [3.05, 3.63) is 66.0 Å². The molecule has 1 fully saturated rings. The van der Waals surface area contributed by atoms with Crippen LogP contribution in [-0.2, 0) is 12.0 Å². The van der Waals surface area contributed by atoms with Gasteiger partial charge in [0.05, 0.1) is 6.54 Å². The highest BCUT2D eigenvalue weighted by atomic mass is 15.3. The lowest BCUT2D eigenvalue weighted by Gasteiger charge is -2.42. The summed E-state index contributed by atoms with van der Waals surface area (Å²) in [7, 11) is 4.07. The van der Waals surface area contributed by atoms with Crippen LogP contribution >= 0.6 is 0 Å². The van der Waals surface area contributed by atoms with Crippen LogP contribution in [0.5, 0.6) is 0 Å². The van der Waals surface area contributed by atoms with E-state index < -0.39 is 0 Å². The molecule has 0 aliphatic heterocycles. The molecule has 3 rings (SSSR count). The Balaban J connectivity index is 1.67. The Morgan fingerprint density at radius 3 is 2.46 bits per heavy atom. The van der Waals surface area contributed by atoms with Crippen molar-refractivity contribution in [3.63, 3.8) is 0 Å². The van der Waals surface area contributed by atoms with E-state index in [0.717, 1.165) is 12.5 Å². The molecule has 1 heterocycles. The van der Waals surface area contributed by atoms with E-state index >= 15 is 0 Å². The molecule has 0 unspecified atom stereocenters. The molecule has 4 nitrogen and oxygen atoms in total. The van der Waals surface area contributed by atoms with E-state index in [4.69, 9.17) is 4.99 Å². The lowest BCUT2D eigenvalue weighted by atomic mass is 9.66. The summed E-state index contributed by atoms with van der Waals surface area (Å²) in [6.07, 6.45) is 5.55. The zero-order valence-corrected chi connectivity index (χ0v) is 14.6. The molecule has 1 aliphatic rings. The number of rotatable bonds is 5. The molecule has 1 saturated carbocycles. The van der Waals surface area contributed by atoms with Crippen LogP contribution in [0.25, 0.3) is 0 Å². The van der Waals surface area contributed by atoms with Crippen LogP contribution in [0.15, 0.2) is 59.7 Å². The van der Waals surface area contributed by atoms with Gasteiger partial charge in [0.1, 0.15) is 0 Å². The van der Waals surface area contributed by atoms with Gasteiger partial charge in [0.15, 0.2) is 5.96 Å². The first kappa shape index (κ1) is 16.5. The molecule has 24 heavy (non-hydrogen) atoms. The van der Waals surface area contributed by atoms with Gasteiger partial charge in [0, 0.05) is 37.9 Å². The zero-order valence-electron chi connectivity index (χ0n) is 14.6. The minimum absolute atomic E-state index is 0.158. The maximum Gasteiger partial charge on any atom is 0.193 e. The molecule has 0 atom stereocenters. The molecule has 0 bridgehead atoms. The molecule has 1 aromatic heterocycles. The van der Waals surface area contributed by atoms with Gasteiger partial charge in [0.2, 0.25) is 0 Å². The fourth-order valence-corrected chi connectivity index (χ4v) is 3.16. The number of guanidine groups is 1. The third kappa shape index (κ3) is 3.75. The molecule has 1 aromatic carbocycles. The van der Waals surface area contributed by atoms with Crippen LogP contribution in [-0.4, -0.2) is 36.5 Å². The van der Waals surface area contributed by atoms with Crippen molar-refractivity contribution in [3.8, 4) is 0 Å². The van der Waals surface area contributed by atoms with Crippen LogP contribution in [0, 0.1) is 0 Å². The van der Waals surface area contributed by atoms with Crippen LogP contribution in [0.2, 0.25) is 0 Å². The van der Waals surface area contributed by atoms with Crippen LogP contribution < -0.4 is 5.32 Å². The Kier molecular flexibility index (Phi) is 5.14. The van der Waals surface area contributed by atoms with Crippen molar-refractivity contribution in [1.82, 2.24) is 15.2 Å². The Morgan fingerprint density at radius 2 is 1.88 bits per heavy atom. The fraction of sp³-hybridized carbons (Fsp3) is 0.400. The Morgan fingerprint density at radius 1 is 1.12 bits per heavy atom. The first-order valence-electron chi connectivity index (χ1n) is 8.61. The van der Waals surface area contributed by atoms with E-state index in [1.54, 1.807) is 0 Å². The number of nitrogens with zero attached hydrogens (tertiary/aromatic N) is 3. The Hall–Kier alpha value is -2.36. The molecule has 2 aromatic rings. The van der Waals surface area contributed by atoms with Crippen molar-refractivity contribution >= 4 is 5.96 Å². The largest absolute Gasteiger partial charge is 0.355 e. The van der Waals surface area contributed by atoms with Gasteiger partial charge in [-0.1, -0.05) is 42.8 Å². The van der Waals surface area contributed by atoms with Crippen LogP contribution in [0.3, 0.4) is 0 Å². The number of nitrogens with one attached hydrogen (secondary N) is 1. The number of benzene rings is 1. The van der Waals surface area contributed by atoms with Gasteiger partial charge in [-0.2, -0.15) is 0 Å². The summed E-state index contributed by atoms with van der Waals surface area (Å²) < 4.78 is 0. The summed E-state index contributed by atoms with van der Waals surface area (Å²) in [5, 5.41) is 3.57. The highest BCUT2D eigenvalue weighted by molar-refractivity contribution is 5.79. The first-order valence-corrected chi connectivity index (χ1v) is 8.61. The first-order chi connectivity index (χ1) is 11.7. The van der Waals surface area contributed by atoms with E-state index in [1.165, 1.54) is 30.5 Å². The third-order valence-electron chi connectivity index (χ3n) is 4.78. The highest BCUT2D eigenvalue weighted by Gasteiger charge is 2.39. The summed E-state index contributed by atoms with van der Waals surface area (Å²) in [4.78, 5) is 11.4. The molecule has 0 spiro atoms. The monoisotopic (exact) mass is 322 g/mol. The highest BCUT2D eigenvalue weighted by Crippen LogP contribution is 2.42. The SMILES string of the molecule is CN(C)C(=NCc1ccccc1)NCC1(c2ccccn2)CCC1. The van der Waals surface area contributed by atoms with E-state index in [1.807, 2.05) is 37.3 Å². The zero-order chi connectivity index (χ0) is 16.8. The Bertz CT molecular complexity index is 661. The summed E-state index contributed by atoms with van der Waals surface area (Å²) in [5.41, 5.74) is 2.58. The van der Waals surface area contributed by atoms with Gasteiger partial charge in [-0.15, -0.1) is 0 Å². The maximum atomic E-state index is 4.76. The average molecular weight is 322 g/mol. The summed E-state index contributed by atoms with van der Waals surface area (Å²) in [5.74, 6) is 0.932. The van der Waals surface area contributed by atoms with Crippen molar-refractivity contribution in [2.24, 2.45) is 4.99 Å². The van der Waals surface area contributed by atoms with Gasteiger partial charge in [-0.3, -0.25) is 4.98 Å². The van der Waals surface area contributed by atoms with Crippen molar-refractivity contribution in [2.45, 2.75) is 31.2 Å². The molecular formula is C20H26N4. The van der Waals surface area contributed by atoms with Gasteiger partial charge in [0.25, 0.3) is 0 Å². The lowest BCUT2D eigenvalue weighted by molar-refractivity contribution is 0.235. The number of aliphatic imine (C=N–C) groups is 1. The van der Waals surface area contributed by atoms with Gasteiger partial charge in [-0.05, 0) is 30.5 Å². The van der Waals surface area contributed by atoms with E-state index in [2.05, 4.69) is 46.7 Å². The van der Waals surface area contributed by atoms with E-state index in [-0.39, 0.29) is 5.41 Å². The number of aromatic nitrogens is 1. The second-order valence-electron chi connectivity index (χ2n) is 6.72. The summed E-state index contributed by atoms with van der Waals surface area (Å²) >= 11 is 0. The van der Waals surface area contributed by atoms with Gasteiger partial charge >= 0.3 is 0 Å². The fourth-order valence-electron chi connectivity index (χ4n) is 3.16. The average Bonchev–Trinajstić information content (AvgIpc) is 2.58. The van der Waals surface area contributed by atoms with Crippen LogP contribution in [0.4, 0.5) is 0 Å². The number of pyridine rings is 1. The molecule has 0 amide bonds. The maximum absolute atomic E-state index is 4.76. The van der Waals surface area contributed by atoms with Crippen molar-refractivity contribution < 1.29 is 0 Å². The topological polar surface area (TPSA) is 40.5 Å². The van der Waals surface area contributed by atoms with E-state index in [0.29, 0.717) is 6.54 Å². The second-order valence-corrected chi connectivity index (χ2v) is 6.72. The molecule has 4 heteroatoms. The normalized spacial score (nSPS) is 16.3. The smallest absolute Gasteiger partial charge is 0.193 e. The van der Waals surface area contributed by atoms with Crippen molar-refractivity contribution in [2.75, 3.05) is 20.6 Å². The summed E-state index contributed by atoms with van der Waals surface area (Å²) in [6, 6.07) is 16.6. The molecule has 0 saturated heterocycles. The number of hydrogen-bond donors (Lipinski definition) is 1. The van der Waals surface area contributed by atoms with Crippen LogP contribution in [0.1, 0.15) is 30.5 Å². The van der Waals surface area contributed by atoms with Crippen molar-refractivity contribution in [1.29, 1.82) is 0 Å². The predicted octanol–water partition coefficient (Wildman–Crippen LogP) is 3.21. The predicted molar refractivity (Wildman–Crippen MR) is 99.0 cm³/mol.